The van der Waals surface area contributed by atoms with E-state index in [-0.39, 0.29) is 11.3 Å². The van der Waals surface area contributed by atoms with Crippen molar-refractivity contribution in [2.75, 3.05) is 7.11 Å². The number of H-pyrrole nitrogens is 1. The number of aryl methyl sites for hydroxylation is 1. The van der Waals surface area contributed by atoms with Crippen LogP contribution >= 0.6 is 0 Å². The number of pyridine rings is 1. The Balaban J connectivity index is 2.71. The number of methoxy groups -OCH3 is 1. The van der Waals surface area contributed by atoms with Gasteiger partial charge in [-0.3, -0.25) is 4.79 Å². The molecule has 0 atom stereocenters. The van der Waals surface area contributed by atoms with Crippen molar-refractivity contribution in [2.24, 2.45) is 0 Å². The van der Waals surface area contributed by atoms with Crippen LogP contribution in [-0.2, 0) is 6.42 Å². The lowest BCUT2D eigenvalue weighted by Gasteiger charge is -2.10. The third-order valence-corrected chi connectivity index (χ3v) is 3.38. The average Bonchev–Trinajstić information content (AvgIpc) is 2.39. The highest BCUT2D eigenvalue weighted by atomic mass is 16.5. The Morgan fingerprint density at radius 3 is 2.74 bits per heavy atom. The van der Waals surface area contributed by atoms with E-state index in [0.717, 1.165) is 18.4 Å². The van der Waals surface area contributed by atoms with Crippen LogP contribution in [0.1, 0.15) is 30.9 Å². The normalized spacial score (nSPS) is 10.9. The molecule has 0 radical (unpaired) electrons. The van der Waals surface area contributed by atoms with E-state index in [1.54, 1.807) is 13.2 Å². The monoisotopic (exact) mass is 261 g/mol. The second-order valence-corrected chi connectivity index (χ2v) is 4.75. The molecular formula is C15H19NO3. The molecule has 2 N–H and O–H groups in total. The first-order valence-corrected chi connectivity index (χ1v) is 6.51. The van der Waals surface area contributed by atoms with Crippen molar-refractivity contribution in [2.45, 2.75) is 33.1 Å². The van der Waals surface area contributed by atoms with Gasteiger partial charge >= 0.3 is 0 Å². The van der Waals surface area contributed by atoms with Gasteiger partial charge in [-0.15, -0.1) is 0 Å². The van der Waals surface area contributed by atoms with Crippen molar-refractivity contribution in [3.05, 3.63) is 33.6 Å². The number of fused-ring (bicyclic) bond motifs is 1. The molecule has 0 amide bonds. The van der Waals surface area contributed by atoms with E-state index < -0.39 is 0 Å². The number of aromatic amines is 1. The number of unbranched alkanes of at least 4 members (excludes halogenated alkanes) is 1. The molecular weight excluding hydrogens is 242 g/mol. The molecule has 2 aromatic rings. The Kier molecular flexibility index (Phi) is 3.79. The van der Waals surface area contributed by atoms with E-state index in [1.165, 1.54) is 0 Å². The molecule has 0 saturated carbocycles. The van der Waals surface area contributed by atoms with Crippen LogP contribution in [0.4, 0.5) is 0 Å². The minimum Gasteiger partial charge on any atom is -0.507 e. The van der Waals surface area contributed by atoms with Crippen LogP contribution in [0.3, 0.4) is 0 Å². The Morgan fingerprint density at radius 2 is 2.11 bits per heavy atom. The molecule has 0 bridgehead atoms. The topological polar surface area (TPSA) is 62.3 Å². The molecule has 0 aliphatic rings. The molecule has 0 unspecified atom stereocenters. The van der Waals surface area contributed by atoms with Crippen molar-refractivity contribution in [3.63, 3.8) is 0 Å². The molecule has 0 fully saturated rings. The lowest BCUT2D eigenvalue weighted by Crippen LogP contribution is -2.13. The maximum atomic E-state index is 12.0. The van der Waals surface area contributed by atoms with Crippen LogP contribution in [0.5, 0.6) is 11.5 Å². The van der Waals surface area contributed by atoms with Crippen LogP contribution in [0, 0.1) is 6.92 Å². The summed E-state index contributed by atoms with van der Waals surface area (Å²) in [5.41, 5.74) is 1.81. The summed E-state index contributed by atoms with van der Waals surface area (Å²) in [5, 5.41) is 11.0. The highest BCUT2D eigenvalue weighted by molar-refractivity contribution is 5.89. The van der Waals surface area contributed by atoms with Gasteiger partial charge in [-0.25, -0.2) is 0 Å². The Bertz CT molecular complexity index is 658. The average molecular weight is 261 g/mol. The van der Waals surface area contributed by atoms with Gasteiger partial charge in [0.25, 0.3) is 5.56 Å². The van der Waals surface area contributed by atoms with Crippen LogP contribution in [-0.4, -0.2) is 17.2 Å². The van der Waals surface area contributed by atoms with Gasteiger partial charge in [0.15, 0.2) is 0 Å². The molecule has 1 aromatic carbocycles. The van der Waals surface area contributed by atoms with Gasteiger partial charge in [-0.1, -0.05) is 13.3 Å². The van der Waals surface area contributed by atoms with E-state index in [1.807, 2.05) is 13.0 Å². The molecule has 4 heteroatoms. The molecule has 0 aliphatic carbocycles. The number of hydrogen-bond donors (Lipinski definition) is 2. The third-order valence-electron chi connectivity index (χ3n) is 3.38. The minimum atomic E-state index is -0.202. The van der Waals surface area contributed by atoms with E-state index in [2.05, 4.69) is 11.9 Å². The standard InChI is InChI=1S/C15H19NO3/c1-4-5-6-11-14(17)12-8-10(19-3)7-9(2)13(12)16-15(11)18/h7-8H,4-6H2,1-3H3,(H2,16,17,18). The summed E-state index contributed by atoms with van der Waals surface area (Å²) in [6.07, 6.45) is 2.45. The van der Waals surface area contributed by atoms with Crippen molar-refractivity contribution in [3.8, 4) is 11.5 Å². The first kappa shape index (κ1) is 13.5. The van der Waals surface area contributed by atoms with Gasteiger partial charge in [0.1, 0.15) is 11.5 Å². The second-order valence-electron chi connectivity index (χ2n) is 4.75. The summed E-state index contributed by atoms with van der Waals surface area (Å²) in [7, 11) is 1.58. The van der Waals surface area contributed by atoms with Gasteiger partial charge in [0.2, 0.25) is 0 Å². The number of aromatic hydroxyl groups is 1. The van der Waals surface area contributed by atoms with Crippen LogP contribution < -0.4 is 10.3 Å². The minimum absolute atomic E-state index is 0.0780. The molecule has 4 nitrogen and oxygen atoms in total. The fourth-order valence-corrected chi connectivity index (χ4v) is 2.27. The van der Waals surface area contributed by atoms with Crippen molar-refractivity contribution in [1.82, 2.24) is 4.98 Å². The fraction of sp³-hybridized carbons (Fsp3) is 0.400. The van der Waals surface area contributed by atoms with E-state index in [4.69, 9.17) is 4.74 Å². The summed E-state index contributed by atoms with van der Waals surface area (Å²) in [6, 6.07) is 3.59. The second kappa shape index (κ2) is 5.34. The quantitative estimate of drug-likeness (QED) is 0.889. The van der Waals surface area contributed by atoms with Crippen molar-refractivity contribution >= 4 is 10.9 Å². The molecule has 0 spiro atoms. The van der Waals surface area contributed by atoms with Gasteiger partial charge in [0.05, 0.1) is 18.2 Å². The van der Waals surface area contributed by atoms with E-state index >= 15 is 0 Å². The number of rotatable bonds is 4. The largest absolute Gasteiger partial charge is 0.507 e. The summed E-state index contributed by atoms with van der Waals surface area (Å²) >= 11 is 0. The van der Waals surface area contributed by atoms with Crippen LogP contribution in [0.25, 0.3) is 10.9 Å². The maximum Gasteiger partial charge on any atom is 0.255 e. The molecule has 1 aromatic heterocycles. The summed E-state index contributed by atoms with van der Waals surface area (Å²) < 4.78 is 5.21. The van der Waals surface area contributed by atoms with E-state index in [0.29, 0.717) is 28.6 Å². The predicted molar refractivity (Wildman–Crippen MR) is 76.1 cm³/mol. The number of aromatic nitrogens is 1. The first-order chi connectivity index (χ1) is 9.08. The van der Waals surface area contributed by atoms with Crippen LogP contribution in [0.2, 0.25) is 0 Å². The number of hydrogen-bond acceptors (Lipinski definition) is 3. The third kappa shape index (κ3) is 2.43. The maximum absolute atomic E-state index is 12.0. The first-order valence-electron chi connectivity index (χ1n) is 6.51. The highest BCUT2D eigenvalue weighted by Gasteiger charge is 2.13. The molecule has 2 rings (SSSR count). The summed E-state index contributed by atoms with van der Waals surface area (Å²) in [4.78, 5) is 14.9. The zero-order valence-corrected chi connectivity index (χ0v) is 11.5. The fourth-order valence-electron chi connectivity index (χ4n) is 2.27. The molecule has 0 saturated heterocycles. The zero-order chi connectivity index (χ0) is 14.0. The SMILES string of the molecule is CCCCc1c(O)c2cc(OC)cc(C)c2[nH]c1=O. The smallest absolute Gasteiger partial charge is 0.255 e. The van der Waals surface area contributed by atoms with Gasteiger partial charge in [-0.2, -0.15) is 0 Å². The lowest BCUT2D eigenvalue weighted by atomic mass is 10.0. The van der Waals surface area contributed by atoms with E-state index in [9.17, 15) is 9.90 Å². The highest BCUT2D eigenvalue weighted by Crippen LogP contribution is 2.31. The lowest BCUT2D eigenvalue weighted by molar-refractivity contribution is 0.414. The molecule has 0 aliphatic heterocycles. The Labute approximate surface area is 112 Å². The summed E-state index contributed by atoms with van der Waals surface area (Å²) in [5.74, 6) is 0.753. The molecule has 102 valence electrons. The summed E-state index contributed by atoms with van der Waals surface area (Å²) in [6.45, 7) is 3.94. The number of nitrogens with one attached hydrogen (secondary N) is 1. The van der Waals surface area contributed by atoms with Gasteiger partial charge in [0, 0.05) is 5.39 Å². The van der Waals surface area contributed by atoms with Gasteiger partial charge < -0.3 is 14.8 Å². The molecule has 1 heterocycles. The number of benzene rings is 1. The molecule has 19 heavy (non-hydrogen) atoms. The Morgan fingerprint density at radius 1 is 1.37 bits per heavy atom. The van der Waals surface area contributed by atoms with Crippen molar-refractivity contribution in [1.29, 1.82) is 0 Å². The van der Waals surface area contributed by atoms with Gasteiger partial charge in [-0.05, 0) is 37.5 Å². The van der Waals surface area contributed by atoms with Crippen LogP contribution in [0.15, 0.2) is 16.9 Å². The predicted octanol–water partition coefficient (Wildman–Crippen LogP) is 2.89. The zero-order valence-electron chi connectivity index (χ0n) is 11.5. The van der Waals surface area contributed by atoms with Crippen molar-refractivity contribution < 1.29 is 9.84 Å². The Hall–Kier alpha value is -1.97. The number of ether oxygens (including phenoxy) is 1.